The van der Waals surface area contributed by atoms with Crippen molar-refractivity contribution in [3.8, 4) is 0 Å². The number of unbranched alkanes of at least 4 members (excludes halogenated alkanes) is 1. The largest absolute Gasteiger partial charge is 0.332 e. The fraction of sp³-hybridized carbons (Fsp3) is 0.778. The number of amides is 3. The average molecular weight is 410 g/mol. The Hall–Kier alpha value is -1.35. The minimum Gasteiger partial charge on any atom is -0.332 e. The molecule has 0 unspecified atom stereocenters. The number of hydrogen-bond donors (Lipinski definition) is 3. The smallest absolute Gasteiger partial charge is 0.315 e. The van der Waals surface area contributed by atoms with Gasteiger partial charge in [0.2, 0.25) is 11.0 Å². The van der Waals surface area contributed by atoms with E-state index in [1.54, 1.807) is 0 Å². The molecule has 0 bridgehead atoms. The molecule has 1 aromatic rings. The van der Waals surface area contributed by atoms with Crippen molar-refractivity contribution in [1.29, 1.82) is 0 Å². The van der Waals surface area contributed by atoms with Crippen molar-refractivity contribution >= 4 is 40.2 Å². The minimum atomic E-state index is -0.0423. The van der Waals surface area contributed by atoms with E-state index in [1.165, 1.54) is 43.4 Å². The molecule has 2 aliphatic heterocycles. The van der Waals surface area contributed by atoms with Crippen molar-refractivity contribution in [2.45, 2.75) is 81.0 Å². The normalized spacial score (nSPS) is 27.9. The topological polar surface area (TPSA) is 96.0 Å². The van der Waals surface area contributed by atoms with Crippen molar-refractivity contribution in [2.75, 3.05) is 11.1 Å². The lowest BCUT2D eigenvalue weighted by Crippen LogP contribution is -2.36. The molecule has 3 amide bonds. The number of anilines is 1. The van der Waals surface area contributed by atoms with Gasteiger partial charge in [-0.25, -0.2) is 4.79 Å². The van der Waals surface area contributed by atoms with E-state index in [0.29, 0.717) is 22.7 Å². The molecule has 7 nitrogen and oxygen atoms in total. The zero-order chi connectivity index (χ0) is 18.6. The molecular weight excluding hydrogens is 382 g/mol. The Balaban J connectivity index is 1.15. The average Bonchev–Trinajstić information content (AvgIpc) is 3.36. The molecule has 1 aliphatic carbocycles. The van der Waals surface area contributed by atoms with E-state index in [-0.39, 0.29) is 24.0 Å². The van der Waals surface area contributed by atoms with Crippen LogP contribution in [0.15, 0.2) is 0 Å². The number of fused-ring (bicyclic) bond motifs is 1. The van der Waals surface area contributed by atoms with Crippen LogP contribution in [0.1, 0.15) is 68.7 Å². The number of aromatic nitrogens is 2. The molecule has 3 fully saturated rings. The third kappa shape index (κ3) is 4.74. The zero-order valence-corrected chi connectivity index (χ0v) is 17.0. The first-order valence-electron chi connectivity index (χ1n) is 10.0. The van der Waals surface area contributed by atoms with Gasteiger partial charge in [0.1, 0.15) is 5.01 Å². The predicted octanol–water partition coefficient (Wildman–Crippen LogP) is 3.25. The minimum absolute atomic E-state index is 0.0223. The van der Waals surface area contributed by atoms with Crippen molar-refractivity contribution in [2.24, 2.45) is 0 Å². The first kappa shape index (κ1) is 19.0. The summed E-state index contributed by atoms with van der Waals surface area (Å²) in [5.41, 5.74) is 0. The number of urea groups is 1. The molecule has 1 aromatic heterocycles. The third-order valence-electron chi connectivity index (χ3n) is 5.72. The molecular formula is C18H27N5O2S2. The van der Waals surface area contributed by atoms with Gasteiger partial charge in [-0.15, -0.1) is 10.2 Å². The van der Waals surface area contributed by atoms with Gasteiger partial charge < -0.3 is 16.0 Å². The summed E-state index contributed by atoms with van der Waals surface area (Å²) in [5.74, 6) is 1.53. The Kier molecular flexibility index (Phi) is 6.17. The van der Waals surface area contributed by atoms with Gasteiger partial charge in [0, 0.05) is 23.3 Å². The highest BCUT2D eigenvalue weighted by molar-refractivity contribution is 8.00. The van der Waals surface area contributed by atoms with Crippen molar-refractivity contribution in [1.82, 2.24) is 20.8 Å². The van der Waals surface area contributed by atoms with Gasteiger partial charge in [-0.2, -0.15) is 11.8 Å². The van der Waals surface area contributed by atoms with Crippen LogP contribution >= 0.6 is 23.1 Å². The Bertz CT molecular complexity index is 676. The lowest BCUT2D eigenvalue weighted by Gasteiger charge is -2.18. The summed E-state index contributed by atoms with van der Waals surface area (Å²) in [6.45, 7) is 0. The van der Waals surface area contributed by atoms with Crippen LogP contribution in [-0.4, -0.2) is 45.2 Å². The Morgan fingerprint density at radius 1 is 1.15 bits per heavy atom. The second-order valence-electron chi connectivity index (χ2n) is 7.70. The number of carbonyl (C=O) groups is 2. The quantitative estimate of drug-likeness (QED) is 0.474. The Morgan fingerprint density at radius 3 is 2.85 bits per heavy atom. The van der Waals surface area contributed by atoms with E-state index in [9.17, 15) is 9.59 Å². The summed E-state index contributed by atoms with van der Waals surface area (Å²) >= 11 is 3.45. The van der Waals surface area contributed by atoms with Crippen LogP contribution in [0.2, 0.25) is 0 Å². The maximum Gasteiger partial charge on any atom is 0.315 e. The van der Waals surface area contributed by atoms with E-state index in [2.05, 4.69) is 26.1 Å². The fourth-order valence-corrected chi connectivity index (χ4v) is 6.73. The van der Waals surface area contributed by atoms with Gasteiger partial charge in [0.15, 0.2) is 0 Å². The highest BCUT2D eigenvalue weighted by Gasteiger charge is 2.42. The number of thioether (sulfide) groups is 1. The molecule has 1 saturated carbocycles. The molecule has 0 spiro atoms. The Labute approximate surface area is 167 Å². The van der Waals surface area contributed by atoms with Crippen LogP contribution in [0.4, 0.5) is 9.93 Å². The lowest BCUT2D eigenvalue weighted by atomic mass is 9.90. The molecule has 3 heterocycles. The number of carbonyl (C=O) groups excluding carboxylic acids is 2. The second-order valence-corrected chi connectivity index (χ2v) is 9.98. The van der Waals surface area contributed by atoms with Gasteiger partial charge in [0.25, 0.3) is 0 Å². The SMILES string of the molecule is O=C(CCCC[C@H]1SC[C@@H]2NC(=O)N[C@H]21)Nc1nnc(C2CCCCC2)s1. The molecule has 3 aliphatic rings. The van der Waals surface area contributed by atoms with Gasteiger partial charge in [0.05, 0.1) is 12.1 Å². The summed E-state index contributed by atoms with van der Waals surface area (Å²) in [7, 11) is 0. The summed E-state index contributed by atoms with van der Waals surface area (Å²) in [6, 6.07) is 0.474. The van der Waals surface area contributed by atoms with Crippen LogP contribution in [0.5, 0.6) is 0 Å². The molecule has 0 radical (unpaired) electrons. The van der Waals surface area contributed by atoms with Gasteiger partial charge in [-0.05, 0) is 25.7 Å². The second kappa shape index (κ2) is 8.77. The van der Waals surface area contributed by atoms with Crippen LogP contribution < -0.4 is 16.0 Å². The summed E-state index contributed by atoms with van der Waals surface area (Å²) in [4.78, 5) is 23.6. The van der Waals surface area contributed by atoms with E-state index in [1.807, 2.05) is 11.8 Å². The Morgan fingerprint density at radius 2 is 2.00 bits per heavy atom. The van der Waals surface area contributed by atoms with Crippen LogP contribution in [0, 0.1) is 0 Å². The molecule has 3 atom stereocenters. The van der Waals surface area contributed by atoms with Gasteiger partial charge in [-0.3, -0.25) is 4.79 Å². The molecule has 2 saturated heterocycles. The maximum atomic E-state index is 12.2. The number of nitrogens with one attached hydrogen (secondary N) is 3. The first-order valence-corrected chi connectivity index (χ1v) is 11.9. The molecule has 27 heavy (non-hydrogen) atoms. The van der Waals surface area contributed by atoms with Crippen LogP contribution in [0.25, 0.3) is 0 Å². The van der Waals surface area contributed by atoms with E-state index in [0.717, 1.165) is 30.0 Å². The molecule has 4 rings (SSSR count). The predicted molar refractivity (Wildman–Crippen MR) is 108 cm³/mol. The maximum absolute atomic E-state index is 12.2. The zero-order valence-electron chi connectivity index (χ0n) is 15.4. The fourth-order valence-electron chi connectivity index (χ4n) is 4.26. The standard InChI is InChI=1S/C18H27N5O2S2/c24-14(20-18-23-22-16(27-18)11-6-2-1-3-7-11)9-5-4-8-13-15-12(10-26-13)19-17(25)21-15/h11-13,15H,1-10H2,(H2,19,21,25)(H,20,23,24)/t12-,13+,15+/m0/s1. The summed E-state index contributed by atoms with van der Waals surface area (Å²) in [5, 5.41) is 19.5. The number of nitrogens with zero attached hydrogens (tertiary/aromatic N) is 2. The highest BCUT2D eigenvalue weighted by Crippen LogP contribution is 2.35. The molecule has 9 heteroatoms. The van der Waals surface area contributed by atoms with Crippen LogP contribution in [-0.2, 0) is 4.79 Å². The first-order chi connectivity index (χ1) is 13.2. The number of hydrogen-bond acceptors (Lipinski definition) is 6. The molecule has 148 valence electrons. The van der Waals surface area contributed by atoms with E-state index < -0.39 is 0 Å². The molecule has 3 N–H and O–H groups in total. The van der Waals surface area contributed by atoms with E-state index >= 15 is 0 Å². The van der Waals surface area contributed by atoms with E-state index in [4.69, 9.17) is 0 Å². The number of rotatable bonds is 7. The van der Waals surface area contributed by atoms with Crippen molar-refractivity contribution in [3.05, 3.63) is 5.01 Å². The van der Waals surface area contributed by atoms with Crippen LogP contribution in [0.3, 0.4) is 0 Å². The lowest BCUT2D eigenvalue weighted by molar-refractivity contribution is -0.116. The summed E-state index contributed by atoms with van der Waals surface area (Å²) in [6.07, 6.45) is 9.64. The van der Waals surface area contributed by atoms with Gasteiger partial charge >= 0.3 is 6.03 Å². The van der Waals surface area contributed by atoms with Crippen molar-refractivity contribution in [3.63, 3.8) is 0 Å². The van der Waals surface area contributed by atoms with Gasteiger partial charge in [-0.1, -0.05) is 37.0 Å². The molecule has 0 aromatic carbocycles. The summed E-state index contributed by atoms with van der Waals surface area (Å²) < 4.78 is 0. The monoisotopic (exact) mass is 409 g/mol. The highest BCUT2D eigenvalue weighted by atomic mass is 32.2. The third-order valence-corrected chi connectivity index (χ3v) is 8.23. The van der Waals surface area contributed by atoms with Crippen molar-refractivity contribution < 1.29 is 9.59 Å².